The maximum Gasteiger partial charge on any atom is 0.340 e. The van der Waals surface area contributed by atoms with E-state index >= 15 is 0 Å². The number of aromatic amines is 2. The van der Waals surface area contributed by atoms with Gasteiger partial charge in [-0.15, -0.1) is 0 Å². The van der Waals surface area contributed by atoms with E-state index in [1.54, 1.807) is 0 Å². The third-order valence-corrected chi connectivity index (χ3v) is 6.60. The minimum Gasteiger partial charge on any atom is -0.483 e. The number of carbonyl (C=O) groups is 2. The fraction of sp³-hybridized carbons (Fsp3) is 0.524. The quantitative estimate of drug-likeness (QED) is 0.468. The van der Waals surface area contributed by atoms with Gasteiger partial charge in [-0.1, -0.05) is 30.3 Å². The number of hydrogen-bond donors (Lipinski definition) is 4. The van der Waals surface area contributed by atoms with Gasteiger partial charge in [-0.25, -0.2) is 9.89 Å². The second kappa shape index (κ2) is 9.03. The number of carboxylic acid groups (broad SMARTS) is 1. The standard InChI is InChI=1S/C20H26N6O2.CH2O2/c27-17(7-6-16-21-19(28)24-23-16)22-18-14-10-25-8-9-26(11-14)13-20(18,12-25)15-4-2-1-3-5-15;2-1-3/h1-5,14,18H,6-13H2,(H,22,27)(H2,21,23,24,28);1H,(H,2,3). The summed E-state index contributed by atoms with van der Waals surface area (Å²) in [6.07, 6.45) is 0.751. The van der Waals surface area contributed by atoms with Crippen LogP contribution in [-0.2, 0) is 21.4 Å². The number of rotatable bonds is 5. The molecule has 10 heteroatoms. The van der Waals surface area contributed by atoms with Crippen molar-refractivity contribution in [3.05, 3.63) is 52.2 Å². The highest BCUT2D eigenvalue weighted by molar-refractivity contribution is 5.76. The highest BCUT2D eigenvalue weighted by atomic mass is 16.3. The Morgan fingerprint density at radius 1 is 1.23 bits per heavy atom. The van der Waals surface area contributed by atoms with Crippen LogP contribution in [0, 0.1) is 5.92 Å². The van der Waals surface area contributed by atoms with Crippen LogP contribution < -0.4 is 11.0 Å². The summed E-state index contributed by atoms with van der Waals surface area (Å²) >= 11 is 0. The molecule has 6 rings (SSSR count). The average Bonchev–Trinajstić information content (AvgIpc) is 3.02. The number of amides is 1. The van der Waals surface area contributed by atoms with Gasteiger partial charge in [0.15, 0.2) is 0 Å². The number of aryl methyl sites for hydroxylation is 1. The third-order valence-electron chi connectivity index (χ3n) is 6.60. The summed E-state index contributed by atoms with van der Waals surface area (Å²) in [6, 6.07) is 10.8. The summed E-state index contributed by atoms with van der Waals surface area (Å²) in [5.74, 6) is 0.983. The largest absolute Gasteiger partial charge is 0.483 e. The van der Waals surface area contributed by atoms with Gasteiger partial charge >= 0.3 is 5.69 Å². The van der Waals surface area contributed by atoms with Gasteiger partial charge in [0.1, 0.15) is 5.82 Å². The van der Waals surface area contributed by atoms with Gasteiger partial charge in [0, 0.05) is 69.5 Å². The molecule has 3 atom stereocenters. The van der Waals surface area contributed by atoms with E-state index < -0.39 is 0 Å². The molecule has 4 aliphatic rings. The van der Waals surface area contributed by atoms with Crippen LogP contribution in [0.3, 0.4) is 0 Å². The molecule has 2 aromatic rings. The molecule has 166 valence electrons. The highest BCUT2D eigenvalue weighted by Crippen LogP contribution is 2.43. The Morgan fingerprint density at radius 2 is 1.87 bits per heavy atom. The number of piperidine rings is 2. The van der Waals surface area contributed by atoms with E-state index in [-0.39, 0.29) is 29.5 Å². The number of nitrogens with zero attached hydrogens (tertiary/aromatic N) is 3. The van der Waals surface area contributed by atoms with Gasteiger partial charge in [0.25, 0.3) is 6.47 Å². The molecule has 4 N–H and O–H groups in total. The van der Waals surface area contributed by atoms with Crippen molar-refractivity contribution in [2.75, 3.05) is 39.3 Å². The molecule has 4 fully saturated rings. The Kier molecular flexibility index (Phi) is 6.19. The molecule has 4 bridgehead atoms. The van der Waals surface area contributed by atoms with Gasteiger partial charge in [0.05, 0.1) is 0 Å². The van der Waals surface area contributed by atoms with Gasteiger partial charge in [-0.2, -0.15) is 5.10 Å². The Balaban J connectivity index is 0.000000730. The molecule has 1 aromatic carbocycles. The Bertz CT molecular complexity index is 942. The molecule has 1 aromatic heterocycles. The number of hydrogen-bond acceptors (Lipinski definition) is 6. The van der Waals surface area contributed by atoms with Crippen molar-refractivity contribution in [3.8, 4) is 0 Å². The lowest BCUT2D eigenvalue weighted by molar-refractivity contribution is -0.124. The first-order valence-electron chi connectivity index (χ1n) is 10.5. The number of carbonyl (C=O) groups excluding carboxylic acids is 1. The van der Waals surface area contributed by atoms with Crippen LogP contribution in [0.25, 0.3) is 0 Å². The van der Waals surface area contributed by atoms with Crippen LogP contribution in [0.2, 0.25) is 0 Å². The molecule has 0 saturated carbocycles. The summed E-state index contributed by atoms with van der Waals surface area (Å²) < 4.78 is 0. The second-order valence-corrected chi connectivity index (χ2v) is 8.53. The Hall–Kier alpha value is -2.98. The normalized spacial score (nSPS) is 30.7. The SMILES string of the molecule is O=C(CCc1n[nH]c(=O)[nH]1)NC1C2CN3CCN(C2)CC1(c1ccccc1)C3.O=CO. The predicted molar refractivity (Wildman–Crippen MR) is 113 cm³/mol. The van der Waals surface area contributed by atoms with E-state index in [4.69, 9.17) is 9.90 Å². The van der Waals surface area contributed by atoms with Gasteiger partial charge in [0.2, 0.25) is 5.91 Å². The lowest BCUT2D eigenvalue weighted by Gasteiger charge is -2.55. The van der Waals surface area contributed by atoms with E-state index in [2.05, 4.69) is 60.6 Å². The number of benzene rings is 1. The molecule has 4 saturated heterocycles. The smallest absolute Gasteiger partial charge is 0.340 e. The molecule has 31 heavy (non-hydrogen) atoms. The van der Waals surface area contributed by atoms with Gasteiger partial charge < -0.3 is 20.2 Å². The van der Waals surface area contributed by atoms with Crippen LogP contribution in [0.5, 0.6) is 0 Å². The Labute approximate surface area is 179 Å². The van der Waals surface area contributed by atoms with Crippen molar-refractivity contribution < 1.29 is 14.7 Å². The first-order valence-corrected chi connectivity index (χ1v) is 10.5. The highest BCUT2D eigenvalue weighted by Gasteiger charge is 2.55. The fourth-order valence-corrected chi connectivity index (χ4v) is 5.47. The zero-order chi connectivity index (χ0) is 21.8. The predicted octanol–water partition coefficient (Wildman–Crippen LogP) is -0.585. The van der Waals surface area contributed by atoms with E-state index in [9.17, 15) is 9.59 Å². The van der Waals surface area contributed by atoms with E-state index in [1.165, 1.54) is 5.56 Å². The van der Waals surface area contributed by atoms with Crippen LogP contribution in [0.1, 0.15) is 17.8 Å². The molecule has 10 nitrogen and oxygen atoms in total. The average molecular weight is 428 g/mol. The monoisotopic (exact) mass is 428 g/mol. The third kappa shape index (κ3) is 4.40. The topological polar surface area (TPSA) is 134 Å². The molecule has 0 spiro atoms. The number of fused-ring (bicyclic) bond motifs is 1. The second-order valence-electron chi connectivity index (χ2n) is 8.53. The lowest BCUT2D eigenvalue weighted by atomic mass is 9.64. The van der Waals surface area contributed by atoms with E-state index in [1.807, 2.05) is 0 Å². The molecular formula is C21H28N6O4. The van der Waals surface area contributed by atoms with Gasteiger partial charge in [-0.05, 0) is 5.56 Å². The van der Waals surface area contributed by atoms with E-state index in [0.717, 1.165) is 39.3 Å². The molecule has 0 radical (unpaired) electrons. The molecule has 1 amide bonds. The van der Waals surface area contributed by atoms with Crippen molar-refractivity contribution in [2.45, 2.75) is 24.3 Å². The van der Waals surface area contributed by atoms with Crippen LogP contribution in [0.4, 0.5) is 0 Å². The van der Waals surface area contributed by atoms with Crippen molar-refractivity contribution in [1.82, 2.24) is 30.3 Å². The maximum atomic E-state index is 12.8. The lowest BCUT2D eigenvalue weighted by Crippen LogP contribution is -2.70. The summed E-state index contributed by atoms with van der Waals surface area (Å²) in [5.41, 5.74) is 0.909. The summed E-state index contributed by atoms with van der Waals surface area (Å²) in [7, 11) is 0. The summed E-state index contributed by atoms with van der Waals surface area (Å²) in [6.45, 7) is 6.03. The molecular weight excluding hydrogens is 400 g/mol. The van der Waals surface area contributed by atoms with Crippen LogP contribution in [-0.4, -0.2) is 87.8 Å². The fourth-order valence-electron chi connectivity index (χ4n) is 5.47. The number of nitrogens with one attached hydrogen (secondary N) is 3. The summed E-state index contributed by atoms with van der Waals surface area (Å²) in [4.78, 5) is 40.1. The molecule has 4 aliphatic heterocycles. The van der Waals surface area contributed by atoms with Gasteiger partial charge in [-0.3, -0.25) is 14.6 Å². The van der Waals surface area contributed by atoms with Crippen molar-refractivity contribution in [1.29, 1.82) is 0 Å². The molecule has 0 aliphatic carbocycles. The van der Waals surface area contributed by atoms with E-state index in [0.29, 0.717) is 24.6 Å². The zero-order valence-electron chi connectivity index (χ0n) is 17.3. The molecule has 3 unspecified atom stereocenters. The maximum absolute atomic E-state index is 12.8. The first-order chi connectivity index (χ1) is 15.0. The Morgan fingerprint density at radius 3 is 2.45 bits per heavy atom. The minimum atomic E-state index is -0.334. The minimum absolute atomic E-state index is 0.0281. The first kappa shape index (κ1) is 21.3. The zero-order valence-corrected chi connectivity index (χ0v) is 17.3. The molecule has 5 heterocycles. The van der Waals surface area contributed by atoms with Crippen LogP contribution in [0.15, 0.2) is 35.1 Å². The van der Waals surface area contributed by atoms with Crippen molar-refractivity contribution in [3.63, 3.8) is 0 Å². The van der Waals surface area contributed by atoms with Crippen LogP contribution >= 0.6 is 0 Å². The number of H-pyrrole nitrogens is 2. The number of aromatic nitrogens is 3. The van der Waals surface area contributed by atoms with Crippen molar-refractivity contribution in [2.24, 2.45) is 5.92 Å². The summed E-state index contributed by atoms with van der Waals surface area (Å²) in [5, 5.41) is 16.5. The van der Waals surface area contributed by atoms with Crippen molar-refractivity contribution >= 4 is 12.4 Å².